The zero-order valence-electron chi connectivity index (χ0n) is 15.1. The summed E-state index contributed by atoms with van der Waals surface area (Å²) in [5, 5.41) is 5.22. The lowest BCUT2D eigenvalue weighted by atomic mass is 10.2. The van der Waals surface area contributed by atoms with Gasteiger partial charge in [-0.05, 0) is 122 Å². The number of hydrazone groups is 1. The molecule has 0 saturated carbocycles. The average molecular weight is 777 g/mol. The second-order valence-electron chi connectivity index (χ2n) is 6.04. The predicted octanol–water partition coefficient (Wildman–Crippen LogP) is 7.15. The molecule has 0 aliphatic rings. The number of rotatable bonds is 6. The van der Waals surface area contributed by atoms with Crippen molar-refractivity contribution in [2.24, 2.45) is 5.10 Å². The minimum Gasteiger partial charge on any atom is -0.487 e. The van der Waals surface area contributed by atoms with Crippen molar-refractivity contribution < 1.29 is 9.53 Å². The number of nitrogens with one attached hydrogen (secondary N) is 1. The summed E-state index contributed by atoms with van der Waals surface area (Å²) < 4.78 is 8.90. The van der Waals surface area contributed by atoms with Crippen molar-refractivity contribution in [3.63, 3.8) is 0 Å². The molecule has 3 rings (SSSR count). The van der Waals surface area contributed by atoms with Gasteiger partial charge in [0.2, 0.25) is 0 Å². The van der Waals surface area contributed by atoms with Crippen LogP contribution in [0, 0.1) is 10.7 Å². The van der Waals surface area contributed by atoms with Gasteiger partial charge in [-0.2, -0.15) is 5.10 Å². The van der Waals surface area contributed by atoms with Crippen molar-refractivity contribution in [2.75, 3.05) is 0 Å². The molecule has 0 saturated heterocycles. The van der Waals surface area contributed by atoms with Gasteiger partial charge in [-0.25, -0.2) is 5.43 Å². The molecule has 0 fully saturated rings. The number of carbonyl (C=O) groups excluding carboxylic acids is 1. The first kappa shape index (κ1) is 24.0. The molecule has 0 unspecified atom stereocenters. The average Bonchev–Trinajstić information content (AvgIpc) is 2.69. The monoisotopic (exact) mass is 776 g/mol. The summed E-state index contributed by atoms with van der Waals surface area (Å²) in [5.41, 5.74) is 4.81. The number of carbonyl (C=O) groups is 1. The number of halogens is 5. The molecule has 0 spiro atoms. The summed E-state index contributed by atoms with van der Waals surface area (Å²) in [6.07, 6.45) is 1.61. The maximum Gasteiger partial charge on any atom is 0.271 e. The molecule has 1 N–H and O–H groups in total. The Bertz CT molecular complexity index is 1080. The van der Waals surface area contributed by atoms with Gasteiger partial charge in [0.1, 0.15) is 12.4 Å². The third-order valence-corrected chi connectivity index (χ3v) is 6.80. The third-order valence-electron chi connectivity index (χ3n) is 3.89. The molecule has 0 bridgehead atoms. The highest BCUT2D eigenvalue weighted by Gasteiger charge is 2.10. The van der Waals surface area contributed by atoms with Gasteiger partial charge in [-0.15, -0.1) is 0 Å². The largest absolute Gasteiger partial charge is 0.487 e. The normalized spacial score (nSPS) is 11.0. The quantitative estimate of drug-likeness (QED) is 0.164. The first-order chi connectivity index (χ1) is 14.3. The van der Waals surface area contributed by atoms with Crippen molar-refractivity contribution in [1.82, 2.24) is 5.43 Å². The molecule has 3 aromatic rings. The summed E-state index contributed by atoms with van der Waals surface area (Å²) >= 11 is 18.8. The van der Waals surface area contributed by atoms with Crippen LogP contribution >= 0.6 is 91.0 Å². The fourth-order valence-electron chi connectivity index (χ4n) is 2.41. The van der Waals surface area contributed by atoms with E-state index < -0.39 is 0 Å². The molecule has 0 heterocycles. The topological polar surface area (TPSA) is 50.7 Å². The van der Waals surface area contributed by atoms with E-state index in [0.29, 0.717) is 22.2 Å². The molecule has 0 aliphatic carbocycles. The Labute approximate surface area is 225 Å². The van der Waals surface area contributed by atoms with E-state index in [1.165, 1.54) is 0 Å². The van der Waals surface area contributed by atoms with Crippen LogP contribution in [0.25, 0.3) is 0 Å². The van der Waals surface area contributed by atoms with Crippen molar-refractivity contribution in [3.05, 3.63) is 92.0 Å². The van der Waals surface area contributed by atoms with Gasteiger partial charge in [-0.3, -0.25) is 4.79 Å². The van der Waals surface area contributed by atoms with Crippen molar-refractivity contribution in [3.8, 4) is 5.75 Å². The Morgan fingerprint density at radius 3 is 2.30 bits per heavy atom. The highest BCUT2D eigenvalue weighted by Crippen LogP contribution is 2.30. The van der Waals surface area contributed by atoms with Crippen LogP contribution in [0.5, 0.6) is 5.75 Å². The maximum absolute atomic E-state index is 12.1. The Balaban J connectivity index is 1.65. The Hall–Kier alpha value is -0.630. The smallest absolute Gasteiger partial charge is 0.271 e. The maximum atomic E-state index is 12.1. The first-order valence-electron chi connectivity index (χ1n) is 8.48. The van der Waals surface area contributed by atoms with Crippen LogP contribution < -0.4 is 10.2 Å². The van der Waals surface area contributed by atoms with Crippen LogP contribution in [0.1, 0.15) is 21.5 Å². The molecule has 0 aliphatic heterocycles. The number of amides is 1. The zero-order valence-corrected chi connectivity index (χ0v) is 23.1. The third kappa shape index (κ3) is 6.68. The minimum atomic E-state index is -0.258. The van der Waals surface area contributed by atoms with Crippen LogP contribution in [0.3, 0.4) is 0 Å². The Morgan fingerprint density at radius 1 is 1.00 bits per heavy atom. The fraction of sp³-hybridized carbons (Fsp3) is 0.0476. The predicted molar refractivity (Wildman–Crippen MR) is 147 cm³/mol. The summed E-state index contributed by atoms with van der Waals surface area (Å²) in [5.74, 6) is 0.508. The van der Waals surface area contributed by atoms with Gasteiger partial charge in [0.15, 0.2) is 0 Å². The van der Waals surface area contributed by atoms with Crippen LogP contribution in [-0.4, -0.2) is 12.1 Å². The van der Waals surface area contributed by atoms with E-state index >= 15 is 0 Å². The SMILES string of the molecule is O=C(N/N=C\c1cc(I)c(OCc2ccc(Cl)cc2Cl)c(I)c1)c1ccc(I)cc1. The number of nitrogens with zero attached hydrogens (tertiary/aromatic N) is 1. The van der Waals surface area contributed by atoms with E-state index in [9.17, 15) is 4.79 Å². The molecule has 1 amide bonds. The van der Waals surface area contributed by atoms with Crippen LogP contribution in [-0.2, 0) is 6.61 Å². The molecule has 0 atom stereocenters. The molecular formula is C21H13Cl2I3N2O2. The lowest BCUT2D eigenvalue weighted by molar-refractivity contribution is 0.0955. The van der Waals surface area contributed by atoms with Crippen molar-refractivity contribution in [2.45, 2.75) is 6.61 Å². The Morgan fingerprint density at radius 2 is 1.67 bits per heavy atom. The number of hydrogen-bond donors (Lipinski definition) is 1. The number of hydrogen-bond acceptors (Lipinski definition) is 3. The van der Waals surface area contributed by atoms with Gasteiger partial charge in [0, 0.05) is 24.7 Å². The van der Waals surface area contributed by atoms with E-state index in [2.05, 4.69) is 78.3 Å². The van der Waals surface area contributed by atoms with Gasteiger partial charge in [-0.1, -0.05) is 29.3 Å². The zero-order chi connectivity index (χ0) is 21.7. The van der Waals surface area contributed by atoms with Crippen LogP contribution in [0.4, 0.5) is 0 Å². The first-order valence-corrected chi connectivity index (χ1v) is 12.5. The van der Waals surface area contributed by atoms with E-state index in [0.717, 1.165) is 27.6 Å². The second kappa shape index (κ2) is 11.3. The minimum absolute atomic E-state index is 0.258. The summed E-state index contributed by atoms with van der Waals surface area (Å²) in [6, 6.07) is 16.5. The van der Waals surface area contributed by atoms with E-state index in [1.807, 2.05) is 30.3 Å². The van der Waals surface area contributed by atoms with E-state index in [4.69, 9.17) is 27.9 Å². The summed E-state index contributed by atoms with van der Waals surface area (Å²) in [7, 11) is 0. The standard InChI is InChI=1S/C21H13Cl2I3N2O2/c22-15-4-1-14(17(23)9-15)11-30-20-18(25)7-12(8-19(20)26)10-27-28-21(29)13-2-5-16(24)6-3-13/h1-10H,11H2,(H,28,29)/b27-10-. The molecule has 3 aromatic carbocycles. The second-order valence-corrected chi connectivity index (χ2v) is 10.5. The summed E-state index contributed by atoms with van der Waals surface area (Å²) in [6.45, 7) is 0.335. The van der Waals surface area contributed by atoms with Crippen molar-refractivity contribution >= 4 is 103 Å². The Kier molecular flexibility index (Phi) is 9.05. The van der Waals surface area contributed by atoms with Crippen LogP contribution in [0.15, 0.2) is 59.7 Å². The van der Waals surface area contributed by atoms with Crippen LogP contribution in [0.2, 0.25) is 10.0 Å². The molecule has 0 aromatic heterocycles. The van der Waals surface area contributed by atoms with Gasteiger partial charge in [0.25, 0.3) is 5.91 Å². The van der Waals surface area contributed by atoms with Gasteiger partial charge < -0.3 is 4.74 Å². The molecule has 4 nitrogen and oxygen atoms in total. The fourth-order valence-corrected chi connectivity index (χ4v) is 5.36. The molecular weight excluding hydrogens is 764 g/mol. The lowest BCUT2D eigenvalue weighted by Crippen LogP contribution is -2.17. The highest BCUT2D eigenvalue weighted by atomic mass is 127. The molecule has 30 heavy (non-hydrogen) atoms. The number of benzene rings is 3. The number of ether oxygens (including phenoxy) is 1. The highest BCUT2D eigenvalue weighted by molar-refractivity contribution is 14.1. The van der Waals surface area contributed by atoms with Crippen molar-refractivity contribution in [1.29, 1.82) is 0 Å². The molecule has 154 valence electrons. The lowest BCUT2D eigenvalue weighted by Gasteiger charge is -2.12. The van der Waals surface area contributed by atoms with Gasteiger partial charge >= 0.3 is 0 Å². The summed E-state index contributed by atoms with van der Waals surface area (Å²) in [4.78, 5) is 12.1. The van der Waals surface area contributed by atoms with E-state index in [-0.39, 0.29) is 5.91 Å². The molecule has 9 heteroatoms. The van der Waals surface area contributed by atoms with Gasteiger partial charge in [0.05, 0.1) is 13.4 Å². The molecule has 0 radical (unpaired) electrons. The van der Waals surface area contributed by atoms with E-state index in [1.54, 1.807) is 30.5 Å².